The van der Waals surface area contributed by atoms with Crippen LogP contribution in [0.1, 0.15) is 62.9 Å². The number of benzene rings is 2. The van der Waals surface area contributed by atoms with E-state index in [-0.39, 0.29) is 17.4 Å². The lowest BCUT2D eigenvalue weighted by Crippen LogP contribution is -2.37. The van der Waals surface area contributed by atoms with Crippen molar-refractivity contribution in [2.75, 3.05) is 0 Å². The fourth-order valence-corrected chi connectivity index (χ4v) is 2.73. The molecule has 0 saturated heterocycles. The Bertz CT molecular complexity index is 757. The summed E-state index contributed by atoms with van der Waals surface area (Å²) in [5, 5.41) is 3.04. The van der Waals surface area contributed by atoms with Gasteiger partial charge in [0.15, 0.2) is 6.10 Å². The smallest absolute Gasteiger partial charge is 0.261 e. The van der Waals surface area contributed by atoms with Crippen LogP contribution in [-0.2, 0) is 10.2 Å². The Labute approximate surface area is 157 Å². The van der Waals surface area contributed by atoms with Crippen molar-refractivity contribution < 1.29 is 9.53 Å². The normalized spacial score (nSPS) is 13.8. The highest BCUT2D eigenvalue weighted by Gasteiger charge is 2.19. The zero-order chi connectivity index (χ0) is 19.5. The topological polar surface area (TPSA) is 38.3 Å². The minimum absolute atomic E-state index is 0.0673. The maximum Gasteiger partial charge on any atom is 0.261 e. The molecule has 0 unspecified atom stereocenters. The van der Waals surface area contributed by atoms with Crippen LogP contribution in [0.2, 0.25) is 0 Å². The first kappa shape index (κ1) is 20.0. The molecule has 0 heterocycles. The summed E-state index contributed by atoms with van der Waals surface area (Å²) in [6.45, 7) is 14.4. The summed E-state index contributed by atoms with van der Waals surface area (Å²) in [6, 6.07) is 14.2. The maximum absolute atomic E-state index is 12.5. The summed E-state index contributed by atoms with van der Waals surface area (Å²) in [5.41, 5.74) is 4.86. The highest BCUT2D eigenvalue weighted by Crippen LogP contribution is 2.24. The number of carbonyl (C=O) groups is 1. The van der Waals surface area contributed by atoms with Crippen molar-refractivity contribution >= 4 is 5.91 Å². The van der Waals surface area contributed by atoms with Crippen LogP contribution in [0.25, 0.3) is 0 Å². The summed E-state index contributed by atoms with van der Waals surface area (Å²) < 4.78 is 5.80. The number of carbonyl (C=O) groups excluding carboxylic acids is 1. The molecule has 2 aromatic rings. The summed E-state index contributed by atoms with van der Waals surface area (Å²) in [5.74, 6) is 0.605. The fourth-order valence-electron chi connectivity index (χ4n) is 2.73. The van der Waals surface area contributed by atoms with Gasteiger partial charge in [-0.3, -0.25) is 4.79 Å². The van der Waals surface area contributed by atoms with E-state index in [4.69, 9.17) is 4.74 Å². The zero-order valence-electron chi connectivity index (χ0n) is 17.0. The molecule has 2 aromatic carbocycles. The van der Waals surface area contributed by atoms with E-state index in [0.717, 1.165) is 16.9 Å². The molecular weight excluding hydrogens is 322 g/mol. The van der Waals surface area contributed by atoms with Crippen molar-refractivity contribution in [2.45, 2.75) is 66.0 Å². The molecular formula is C23H31NO2. The highest BCUT2D eigenvalue weighted by molar-refractivity contribution is 5.81. The quantitative estimate of drug-likeness (QED) is 0.798. The second-order valence-corrected chi connectivity index (χ2v) is 8.11. The molecule has 1 amide bonds. The maximum atomic E-state index is 12.5. The van der Waals surface area contributed by atoms with Gasteiger partial charge in [0.1, 0.15) is 5.75 Å². The number of hydrogen-bond donors (Lipinski definition) is 1. The number of ether oxygens (including phenoxy) is 1. The molecule has 1 N–H and O–H groups in total. The van der Waals surface area contributed by atoms with Crippen molar-refractivity contribution in [3.05, 3.63) is 64.7 Å². The van der Waals surface area contributed by atoms with Crippen molar-refractivity contribution in [3.8, 4) is 5.75 Å². The van der Waals surface area contributed by atoms with Gasteiger partial charge in [-0.05, 0) is 67.5 Å². The van der Waals surface area contributed by atoms with E-state index in [1.807, 2.05) is 32.0 Å². The molecule has 3 heteroatoms. The molecule has 2 rings (SSSR count). The standard InChI is InChI=1S/C23H31NO2/c1-15-8-13-21(14-16(15)2)26-18(4)22(25)24-17(3)19-9-11-20(12-10-19)23(5,6)7/h8-14,17-18H,1-7H3,(H,24,25)/t17-,18-/m1/s1. The van der Waals surface area contributed by atoms with Crippen molar-refractivity contribution in [1.29, 1.82) is 0 Å². The van der Waals surface area contributed by atoms with Gasteiger partial charge in [0.25, 0.3) is 5.91 Å². The Morgan fingerprint density at radius 2 is 1.58 bits per heavy atom. The van der Waals surface area contributed by atoms with E-state index in [9.17, 15) is 4.79 Å². The Hall–Kier alpha value is -2.29. The van der Waals surface area contributed by atoms with Crippen LogP contribution in [-0.4, -0.2) is 12.0 Å². The summed E-state index contributed by atoms with van der Waals surface area (Å²) in [7, 11) is 0. The lowest BCUT2D eigenvalue weighted by Gasteiger charge is -2.22. The molecule has 0 aromatic heterocycles. The van der Waals surface area contributed by atoms with Gasteiger partial charge in [0.2, 0.25) is 0 Å². The Balaban J connectivity index is 1.98. The van der Waals surface area contributed by atoms with Crippen LogP contribution >= 0.6 is 0 Å². The van der Waals surface area contributed by atoms with Gasteiger partial charge >= 0.3 is 0 Å². The fraction of sp³-hybridized carbons (Fsp3) is 0.435. The van der Waals surface area contributed by atoms with Gasteiger partial charge in [-0.1, -0.05) is 51.1 Å². The number of rotatable bonds is 5. The van der Waals surface area contributed by atoms with E-state index in [1.165, 1.54) is 11.1 Å². The van der Waals surface area contributed by atoms with Gasteiger partial charge in [0.05, 0.1) is 6.04 Å². The largest absolute Gasteiger partial charge is 0.481 e. The van der Waals surface area contributed by atoms with Crippen LogP contribution in [0.15, 0.2) is 42.5 Å². The lowest BCUT2D eigenvalue weighted by molar-refractivity contribution is -0.127. The van der Waals surface area contributed by atoms with Gasteiger partial charge in [-0.2, -0.15) is 0 Å². The predicted octanol–water partition coefficient (Wildman–Crippen LogP) is 5.25. The van der Waals surface area contributed by atoms with Crippen LogP contribution in [0.3, 0.4) is 0 Å². The average molecular weight is 354 g/mol. The third-order valence-electron chi connectivity index (χ3n) is 4.80. The van der Waals surface area contributed by atoms with Gasteiger partial charge < -0.3 is 10.1 Å². The molecule has 0 aliphatic rings. The van der Waals surface area contributed by atoms with Crippen LogP contribution in [0, 0.1) is 13.8 Å². The first-order valence-electron chi connectivity index (χ1n) is 9.22. The highest BCUT2D eigenvalue weighted by atomic mass is 16.5. The zero-order valence-corrected chi connectivity index (χ0v) is 17.0. The molecule has 0 bridgehead atoms. The first-order valence-corrected chi connectivity index (χ1v) is 9.22. The molecule has 140 valence electrons. The van der Waals surface area contributed by atoms with Crippen molar-refractivity contribution in [2.24, 2.45) is 0 Å². The monoisotopic (exact) mass is 353 g/mol. The van der Waals surface area contributed by atoms with E-state index >= 15 is 0 Å². The Morgan fingerprint density at radius 3 is 2.12 bits per heavy atom. The first-order chi connectivity index (χ1) is 12.1. The van der Waals surface area contributed by atoms with Crippen molar-refractivity contribution in [1.82, 2.24) is 5.32 Å². The summed E-state index contributed by atoms with van der Waals surface area (Å²) in [6.07, 6.45) is -0.548. The Kier molecular flexibility index (Phi) is 6.12. The molecule has 0 aliphatic carbocycles. The van der Waals surface area contributed by atoms with Crippen LogP contribution in [0.4, 0.5) is 0 Å². The average Bonchev–Trinajstić information content (AvgIpc) is 2.57. The Morgan fingerprint density at radius 1 is 0.962 bits per heavy atom. The number of aryl methyl sites for hydroxylation is 2. The van der Waals surface area contributed by atoms with E-state index in [1.54, 1.807) is 6.92 Å². The third-order valence-corrected chi connectivity index (χ3v) is 4.80. The summed E-state index contributed by atoms with van der Waals surface area (Å²) in [4.78, 5) is 12.5. The third kappa shape index (κ3) is 5.10. The summed E-state index contributed by atoms with van der Waals surface area (Å²) >= 11 is 0. The van der Waals surface area contributed by atoms with Crippen molar-refractivity contribution in [3.63, 3.8) is 0 Å². The molecule has 0 radical (unpaired) electrons. The van der Waals surface area contributed by atoms with E-state index < -0.39 is 6.10 Å². The predicted molar refractivity (Wildman–Crippen MR) is 108 cm³/mol. The second kappa shape index (κ2) is 7.94. The molecule has 0 saturated carbocycles. The molecule has 26 heavy (non-hydrogen) atoms. The van der Waals surface area contributed by atoms with Gasteiger partial charge in [-0.25, -0.2) is 0 Å². The molecule has 0 spiro atoms. The number of hydrogen-bond acceptors (Lipinski definition) is 2. The molecule has 0 aliphatic heterocycles. The SMILES string of the molecule is Cc1ccc(O[C@H](C)C(=O)N[C@H](C)c2ccc(C(C)(C)C)cc2)cc1C. The minimum atomic E-state index is -0.548. The van der Waals surface area contributed by atoms with E-state index in [2.05, 4.69) is 57.3 Å². The van der Waals surface area contributed by atoms with Gasteiger partial charge in [-0.15, -0.1) is 0 Å². The number of amides is 1. The lowest BCUT2D eigenvalue weighted by atomic mass is 9.86. The van der Waals surface area contributed by atoms with Crippen LogP contribution in [0.5, 0.6) is 5.75 Å². The minimum Gasteiger partial charge on any atom is -0.481 e. The molecule has 3 nitrogen and oxygen atoms in total. The van der Waals surface area contributed by atoms with Crippen LogP contribution < -0.4 is 10.1 Å². The molecule has 2 atom stereocenters. The molecule has 0 fully saturated rings. The second-order valence-electron chi connectivity index (χ2n) is 8.11. The van der Waals surface area contributed by atoms with Gasteiger partial charge in [0, 0.05) is 0 Å². The number of nitrogens with one attached hydrogen (secondary N) is 1. The van der Waals surface area contributed by atoms with E-state index in [0.29, 0.717) is 0 Å².